The second kappa shape index (κ2) is 6.02. The van der Waals surface area contributed by atoms with Gasteiger partial charge in [-0.25, -0.2) is 12.8 Å². The lowest BCUT2D eigenvalue weighted by atomic mass is 10.1. The molecule has 0 aliphatic heterocycles. The van der Waals surface area contributed by atoms with Crippen LogP contribution in [0.3, 0.4) is 0 Å². The van der Waals surface area contributed by atoms with Crippen LogP contribution in [0.1, 0.15) is 11.6 Å². The Labute approximate surface area is 121 Å². The molecule has 110 valence electrons. The normalized spacial score (nSPS) is 12.8. The van der Waals surface area contributed by atoms with Gasteiger partial charge in [-0.05, 0) is 17.7 Å². The molecule has 1 atom stereocenters. The molecule has 0 amide bonds. The number of nitrogens with one attached hydrogen (secondary N) is 1. The molecule has 2 rings (SSSR count). The topological polar surface area (TPSA) is 83.5 Å². The largest absolute Gasteiger partial charge is 0.480 e. The lowest BCUT2D eigenvalue weighted by Crippen LogP contribution is -2.34. The number of sulfonamides is 1. The standard InChI is InChI=1S/C14H12FNO4S/c15-11-8-4-5-9-12(11)21(19,20)16-13(14(17)18)10-6-2-1-3-7-10/h1-9,13,16H,(H,17,18)/t13-/m1/s1. The van der Waals surface area contributed by atoms with Crippen LogP contribution in [0.25, 0.3) is 0 Å². The summed E-state index contributed by atoms with van der Waals surface area (Å²) >= 11 is 0. The van der Waals surface area contributed by atoms with Gasteiger partial charge < -0.3 is 5.11 Å². The Morgan fingerprint density at radius 3 is 2.19 bits per heavy atom. The van der Waals surface area contributed by atoms with E-state index in [0.717, 1.165) is 12.1 Å². The van der Waals surface area contributed by atoms with Crippen LogP contribution in [0.4, 0.5) is 4.39 Å². The maximum absolute atomic E-state index is 13.6. The highest BCUT2D eigenvalue weighted by atomic mass is 32.2. The SMILES string of the molecule is O=C(O)[C@H](NS(=O)(=O)c1ccccc1F)c1ccccc1. The molecule has 2 N–H and O–H groups in total. The Bertz CT molecular complexity index is 747. The predicted octanol–water partition coefficient (Wildman–Crippen LogP) is 1.93. The predicted molar refractivity (Wildman–Crippen MR) is 73.5 cm³/mol. The van der Waals surface area contributed by atoms with Crippen LogP contribution in [-0.2, 0) is 14.8 Å². The molecule has 7 heteroatoms. The quantitative estimate of drug-likeness (QED) is 0.884. The van der Waals surface area contributed by atoms with Crippen molar-refractivity contribution in [2.45, 2.75) is 10.9 Å². The van der Waals surface area contributed by atoms with Gasteiger partial charge in [-0.15, -0.1) is 0 Å². The fraction of sp³-hybridized carbons (Fsp3) is 0.0714. The highest BCUT2D eigenvalue weighted by molar-refractivity contribution is 7.89. The summed E-state index contributed by atoms with van der Waals surface area (Å²) in [5.41, 5.74) is 0.255. The van der Waals surface area contributed by atoms with E-state index >= 15 is 0 Å². The first kappa shape index (κ1) is 15.1. The Balaban J connectivity index is 2.38. The van der Waals surface area contributed by atoms with Crippen molar-refractivity contribution in [3.63, 3.8) is 0 Å². The number of hydrogen-bond donors (Lipinski definition) is 2. The van der Waals surface area contributed by atoms with E-state index in [9.17, 15) is 22.7 Å². The number of carboxylic acid groups (broad SMARTS) is 1. The summed E-state index contributed by atoms with van der Waals surface area (Å²) in [6.07, 6.45) is 0. The third kappa shape index (κ3) is 3.45. The molecule has 21 heavy (non-hydrogen) atoms. The number of benzene rings is 2. The second-order valence-electron chi connectivity index (χ2n) is 4.23. The molecule has 2 aromatic carbocycles. The molecule has 5 nitrogen and oxygen atoms in total. The van der Waals surface area contributed by atoms with Crippen molar-refractivity contribution in [3.8, 4) is 0 Å². The molecule has 0 saturated heterocycles. The first-order valence-corrected chi connectivity index (χ1v) is 7.45. The maximum atomic E-state index is 13.6. The van der Waals surface area contributed by atoms with E-state index in [1.54, 1.807) is 18.2 Å². The van der Waals surface area contributed by atoms with Gasteiger partial charge in [0, 0.05) is 0 Å². The maximum Gasteiger partial charge on any atom is 0.326 e. The van der Waals surface area contributed by atoms with Crippen LogP contribution in [0.15, 0.2) is 59.5 Å². The van der Waals surface area contributed by atoms with E-state index in [2.05, 4.69) is 0 Å². The van der Waals surface area contributed by atoms with E-state index in [1.165, 1.54) is 24.3 Å². The van der Waals surface area contributed by atoms with Crippen LogP contribution in [0, 0.1) is 5.82 Å². The van der Waals surface area contributed by atoms with Crippen molar-refractivity contribution in [2.24, 2.45) is 0 Å². The van der Waals surface area contributed by atoms with Gasteiger partial charge in [0.25, 0.3) is 0 Å². The lowest BCUT2D eigenvalue weighted by Gasteiger charge is -2.15. The van der Waals surface area contributed by atoms with Gasteiger partial charge in [-0.1, -0.05) is 42.5 Å². The molecule has 0 bridgehead atoms. The van der Waals surface area contributed by atoms with E-state index in [0.29, 0.717) is 0 Å². The van der Waals surface area contributed by atoms with E-state index < -0.39 is 32.7 Å². The number of halogens is 1. The minimum absolute atomic E-state index is 0.255. The van der Waals surface area contributed by atoms with Crippen molar-refractivity contribution >= 4 is 16.0 Å². The highest BCUT2D eigenvalue weighted by Gasteiger charge is 2.28. The van der Waals surface area contributed by atoms with Gasteiger partial charge in [0.15, 0.2) is 0 Å². The van der Waals surface area contributed by atoms with Gasteiger partial charge in [0.2, 0.25) is 10.0 Å². The molecule has 0 fully saturated rings. The monoisotopic (exact) mass is 309 g/mol. The summed E-state index contributed by atoms with van der Waals surface area (Å²) in [6.45, 7) is 0. The zero-order valence-corrected chi connectivity index (χ0v) is 11.5. The van der Waals surface area contributed by atoms with Crippen molar-refractivity contribution in [3.05, 3.63) is 66.0 Å². The molecule has 0 heterocycles. The van der Waals surface area contributed by atoms with Gasteiger partial charge in [-0.3, -0.25) is 4.79 Å². The van der Waals surface area contributed by atoms with Crippen LogP contribution in [0.2, 0.25) is 0 Å². The van der Waals surface area contributed by atoms with Gasteiger partial charge in [-0.2, -0.15) is 4.72 Å². The Kier molecular flexibility index (Phi) is 4.35. The molecule has 0 aliphatic carbocycles. The average Bonchev–Trinajstić information content (AvgIpc) is 2.46. The molecule has 0 radical (unpaired) electrons. The number of rotatable bonds is 5. The van der Waals surface area contributed by atoms with Crippen molar-refractivity contribution < 1.29 is 22.7 Å². The van der Waals surface area contributed by atoms with Crippen molar-refractivity contribution in [1.29, 1.82) is 0 Å². The Morgan fingerprint density at radius 1 is 1.05 bits per heavy atom. The van der Waals surface area contributed by atoms with Gasteiger partial charge >= 0.3 is 5.97 Å². The minimum atomic E-state index is -4.29. The number of carboxylic acids is 1. The second-order valence-corrected chi connectivity index (χ2v) is 5.92. The Morgan fingerprint density at radius 2 is 1.62 bits per heavy atom. The van der Waals surface area contributed by atoms with Crippen LogP contribution >= 0.6 is 0 Å². The lowest BCUT2D eigenvalue weighted by molar-refractivity contribution is -0.139. The third-order valence-electron chi connectivity index (χ3n) is 2.78. The molecular formula is C14H12FNO4S. The van der Waals surface area contributed by atoms with Crippen LogP contribution < -0.4 is 4.72 Å². The summed E-state index contributed by atoms with van der Waals surface area (Å²) in [5, 5.41) is 9.19. The van der Waals surface area contributed by atoms with Gasteiger partial charge in [0.05, 0.1) is 0 Å². The smallest absolute Gasteiger partial charge is 0.326 e. The number of carbonyl (C=O) groups is 1. The average molecular weight is 309 g/mol. The minimum Gasteiger partial charge on any atom is -0.480 e. The molecular weight excluding hydrogens is 297 g/mol. The van der Waals surface area contributed by atoms with Crippen molar-refractivity contribution in [1.82, 2.24) is 4.72 Å². The number of aliphatic carboxylic acids is 1. The first-order chi connectivity index (χ1) is 9.92. The third-order valence-corrected chi connectivity index (χ3v) is 4.24. The number of hydrogen-bond acceptors (Lipinski definition) is 3. The van der Waals surface area contributed by atoms with Crippen molar-refractivity contribution in [2.75, 3.05) is 0 Å². The van der Waals surface area contributed by atoms with Gasteiger partial charge in [0.1, 0.15) is 16.8 Å². The summed E-state index contributed by atoms with van der Waals surface area (Å²) in [4.78, 5) is 10.7. The molecule has 2 aromatic rings. The van der Waals surface area contributed by atoms with Crippen LogP contribution in [-0.4, -0.2) is 19.5 Å². The zero-order chi connectivity index (χ0) is 15.5. The molecule has 0 aromatic heterocycles. The summed E-state index contributed by atoms with van der Waals surface area (Å²) in [7, 11) is -4.29. The summed E-state index contributed by atoms with van der Waals surface area (Å²) in [6, 6.07) is 11.1. The van der Waals surface area contributed by atoms with E-state index in [1.807, 2.05) is 4.72 Å². The highest BCUT2D eigenvalue weighted by Crippen LogP contribution is 2.19. The Hall–Kier alpha value is -2.25. The van der Waals surface area contributed by atoms with E-state index in [4.69, 9.17) is 0 Å². The van der Waals surface area contributed by atoms with Crippen LogP contribution in [0.5, 0.6) is 0 Å². The zero-order valence-electron chi connectivity index (χ0n) is 10.7. The molecule has 0 saturated carbocycles. The molecule has 0 aliphatic rings. The summed E-state index contributed by atoms with van der Waals surface area (Å²) in [5.74, 6) is -2.32. The fourth-order valence-corrected chi connectivity index (χ4v) is 3.04. The first-order valence-electron chi connectivity index (χ1n) is 5.96. The summed E-state index contributed by atoms with van der Waals surface area (Å²) < 4.78 is 39.8. The van der Waals surface area contributed by atoms with E-state index in [-0.39, 0.29) is 5.56 Å². The fourth-order valence-electron chi connectivity index (χ4n) is 1.79. The molecule has 0 unspecified atom stereocenters. The molecule has 0 spiro atoms.